The number of nitrogens with two attached hydrogens (primary N) is 2. The molecular weight excluding hydrogens is 1950 g/mol. The number of halogens is 10. The molecule has 5 atom stereocenters. The van der Waals surface area contributed by atoms with Crippen LogP contribution < -0.4 is 30.3 Å². The Morgan fingerprint density at radius 3 is 0.926 bits per heavy atom. The second-order valence-electron chi connectivity index (χ2n) is 40.1. The Bertz CT molecular complexity index is 6140. The number of amides is 1. The maximum atomic E-state index is 15.4. The number of fused-ring (bicyclic) bond motifs is 15. The zero-order valence-electron chi connectivity index (χ0n) is 85.9. The molecule has 800 valence electrons. The molecule has 149 heavy (non-hydrogen) atoms. The van der Waals surface area contributed by atoms with Crippen LogP contribution in [0.25, 0.3) is 56.3 Å². The van der Waals surface area contributed by atoms with Crippen molar-refractivity contribution in [1.29, 1.82) is 0 Å². The molecule has 4 unspecified atom stereocenters. The van der Waals surface area contributed by atoms with E-state index < -0.39 is 47.9 Å². The van der Waals surface area contributed by atoms with Crippen molar-refractivity contribution in [3.8, 4) is 56.3 Å². The van der Waals surface area contributed by atoms with E-state index in [-0.39, 0.29) is 157 Å². The van der Waals surface area contributed by atoms with Gasteiger partial charge in [-0.3, -0.25) is 28.5 Å². The van der Waals surface area contributed by atoms with Gasteiger partial charge in [-0.05, 0) is 270 Å². The van der Waals surface area contributed by atoms with E-state index in [4.69, 9.17) is 29.4 Å². The molecule has 0 spiro atoms. The van der Waals surface area contributed by atoms with Gasteiger partial charge in [-0.2, -0.15) is 0 Å². The van der Waals surface area contributed by atoms with Crippen molar-refractivity contribution in [2.24, 2.45) is 29.2 Å². The van der Waals surface area contributed by atoms with Crippen molar-refractivity contribution >= 4 is 43.2 Å². The summed E-state index contributed by atoms with van der Waals surface area (Å²) in [7, 11) is -1.78. The minimum absolute atomic E-state index is 0. The fraction of sp³-hybridized carbons (Fsp3) is 0.523. The number of carbonyl (C=O) groups excluding carboxylic acids is 5. The van der Waals surface area contributed by atoms with Gasteiger partial charge in [-0.15, -0.1) is 0 Å². The number of carbonyl (C=O) groups is 6. The van der Waals surface area contributed by atoms with Crippen LogP contribution in [0.3, 0.4) is 0 Å². The first-order valence-corrected chi connectivity index (χ1v) is 53.5. The average Bonchev–Trinajstić information content (AvgIpc) is 1.61. The Balaban J connectivity index is 0.000000159. The molecule has 10 aromatic rings. The first-order valence-electron chi connectivity index (χ1n) is 51.7. The number of aliphatic carboxylic acids is 1. The van der Waals surface area contributed by atoms with Gasteiger partial charge in [0.1, 0.15) is 69.4 Å². The SMILES string of the molecule is CCOC(=O)C=C1CCC(F)(CCC2c3c(F)cccc3-c3cncn32)CC1.CCOC(=O)CC1CCC(F)(CCC2c3c(F)cccc3-c3cncn32)CC1.CCOC(=O)CP(=O)(OCC)OCC.CN.NC(=O)CC1CCC(F)(CC[C@H]2c3c(F)cccc3-c3cncn32)CC1.O=C(O)CC1CCC(F)(CCC2c3c(F)cccc3-c3cncn32)CC1.O=C1CCC(F)(CCC2c3c(F)cccc3-c3cncn32)CC1.[Li+].[OH-]. The van der Waals surface area contributed by atoms with E-state index >= 15 is 17.6 Å². The van der Waals surface area contributed by atoms with Gasteiger partial charge in [0.2, 0.25) is 5.91 Å². The normalized spacial score (nSPS) is 23.2. The number of esters is 3. The number of hydrogen-bond acceptors (Lipinski definition) is 19. The molecule has 6 N–H and O–H groups in total. The minimum atomic E-state index is -3.28. The van der Waals surface area contributed by atoms with Crippen LogP contribution in [0.2, 0.25) is 0 Å². The smallest absolute Gasteiger partial charge is 0.870 e. The third-order valence-corrected chi connectivity index (χ3v) is 32.7. The first-order chi connectivity index (χ1) is 70.6. The number of carboxylic acid groups (broad SMARTS) is 1. The Labute approximate surface area is 874 Å². The van der Waals surface area contributed by atoms with Crippen molar-refractivity contribution in [3.05, 3.63) is 222 Å². The molecule has 10 aliphatic rings. The monoisotopic (exact) mass is 2090 g/mol. The topological polar surface area (TPSA) is 357 Å². The number of ether oxygens (including phenoxy) is 3. The molecule has 5 aromatic carbocycles. The van der Waals surface area contributed by atoms with Crippen LogP contribution in [0, 0.1) is 46.8 Å². The van der Waals surface area contributed by atoms with Crippen LogP contribution in [0.15, 0.2) is 165 Å². The van der Waals surface area contributed by atoms with Crippen molar-refractivity contribution in [3.63, 3.8) is 0 Å². The van der Waals surface area contributed by atoms with Crippen LogP contribution in [0.1, 0.15) is 305 Å². The number of carboxylic acids is 1. The third-order valence-electron chi connectivity index (χ3n) is 30.7. The summed E-state index contributed by atoms with van der Waals surface area (Å²) in [5.41, 5.74) is 16.2. The number of Topliss-reactive ketones (excluding diaryl/α,β-unsaturated/α-hetero) is 1. The number of allylic oxidation sites excluding steroid dienone is 1. The zero-order valence-corrected chi connectivity index (χ0v) is 86.7. The second kappa shape index (κ2) is 52.3. The van der Waals surface area contributed by atoms with Gasteiger partial charge in [0.05, 0.1) is 154 Å². The number of primary amides is 1. The van der Waals surface area contributed by atoms with Crippen LogP contribution in [-0.2, 0) is 56.6 Å². The van der Waals surface area contributed by atoms with Gasteiger partial charge in [0.25, 0.3) is 0 Å². The van der Waals surface area contributed by atoms with Crippen molar-refractivity contribution in [1.82, 2.24) is 47.8 Å². The fourth-order valence-corrected chi connectivity index (χ4v) is 24.7. The Hall–Kier alpha value is -11.1. The number of ketones is 1. The van der Waals surface area contributed by atoms with Gasteiger partial charge in [-0.1, -0.05) is 66.2 Å². The quantitative estimate of drug-likeness (QED) is 0.00907. The summed E-state index contributed by atoms with van der Waals surface area (Å²) in [6.45, 7) is 10.1. The summed E-state index contributed by atoms with van der Waals surface area (Å²) in [6.07, 6.45) is 33.2. The largest absolute Gasteiger partial charge is 1.00 e. The molecule has 0 radical (unpaired) electrons. The Kier molecular flexibility index (Phi) is 40.9. The summed E-state index contributed by atoms with van der Waals surface area (Å²) < 4.78 is 194. The minimum Gasteiger partial charge on any atom is -0.870 e. The van der Waals surface area contributed by atoms with E-state index in [1.54, 1.807) is 128 Å². The first kappa shape index (κ1) is 117. The Morgan fingerprint density at radius 2 is 0.658 bits per heavy atom. The van der Waals surface area contributed by atoms with E-state index in [0.29, 0.717) is 246 Å². The second-order valence-corrected chi connectivity index (χ2v) is 42.1. The number of alkyl halides is 5. The number of rotatable bonds is 31. The van der Waals surface area contributed by atoms with Crippen molar-refractivity contribution in [2.75, 3.05) is 46.2 Å². The summed E-state index contributed by atoms with van der Waals surface area (Å²) in [5.74, 6) is -2.84. The summed E-state index contributed by atoms with van der Waals surface area (Å²) >= 11 is 0. The van der Waals surface area contributed by atoms with E-state index in [9.17, 15) is 59.7 Å². The van der Waals surface area contributed by atoms with Crippen LogP contribution in [0.4, 0.5) is 43.9 Å². The molecule has 1 amide bonds. The Morgan fingerprint density at radius 1 is 0.396 bits per heavy atom. The molecule has 5 aliphatic carbocycles. The number of hydrogen-bond donors (Lipinski definition) is 3. The van der Waals surface area contributed by atoms with Gasteiger partial charge in [0.15, 0.2) is 0 Å². The molecule has 5 aliphatic heterocycles. The van der Waals surface area contributed by atoms with Crippen LogP contribution >= 0.6 is 7.60 Å². The van der Waals surface area contributed by atoms with Gasteiger partial charge < -0.3 is 68.1 Å². The molecule has 0 bridgehead atoms. The molecule has 0 saturated heterocycles. The predicted molar refractivity (Wildman–Crippen MR) is 538 cm³/mol. The van der Waals surface area contributed by atoms with Gasteiger partial charge in [0, 0.05) is 93.8 Å². The third kappa shape index (κ3) is 28.3. The van der Waals surface area contributed by atoms with E-state index in [1.165, 1.54) is 43.5 Å². The molecule has 38 heteroatoms. The average molecular weight is 2090 g/mol. The van der Waals surface area contributed by atoms with E-state index in [1.807, 2.05) is 53.2 Å². The van der Waals surface area contributed by atoms with Gasteiger partial charge in [-0.25, -0.2) is 73.6 Å². The molecule has 5 aromatic heterocycles. The maximum absolute atomic E-state index is 15.4. The fourth-order valence-electron chi connectivity index (χ4n) is 23.2. The van der Waals surface area contributed by atoms with Crippen LogP contribution in [-0.4, -0.2) is 168 Å². The molecule has 5 fully saturated rings. The number of aromatic nitrogens is 10. The summed E-state index contributed by atoms with van der Waals surface area (Å²) in [5, 5.41) is 8.90. The van der Waals surface area contributed by atoms with Crippen molar-refractivity contribution < 1.29 is 130 Å². The number of nitrogens with zero attached hydrogens (tertiary/aromatic N) is 10. The summed E-state index contributed by atoms with van der Waals surface area (Å²) in [4.78, 5) is 88.3. The molecule has 5 saturated carbocycles. The van der Waals surface area contributed by atoms with Crippen molar-refractivity contribution in [2.45, 2.75) is 305 Å². The zero-order chi connectivity index (χ0) is 105. The van der Waals surface area contributed by atoms with E-state index in [0.717, 1.165) is 61.9 Å². The molecular formula is C111H136F10LiN12O14P. The summed E-state index contributed by atoms with van der Waals surface area (Å²) in [6, 6.07) is 24.2. The molecule has 26 nitrogen and oxygen atoms in total. The van der Waals surface area contributed by atoms with E-state index in [2.05, 4.69) is 35.4 Å². The molecule has 10 heterocycles. The number of imidazole rings is 5. The predicted octanol–water partition coefficient (Wildman–Crippen LogP) is 21.7. The van der Waals surface area contributed by atoms with Gasteiger partial charge >= 0.3 is 50.3 Å². The van der Waals surface area contributed by atoms with Crippen LogP contribution in [0.5, 0.6) is 0 Å². The number of benzene rings is 5. The molecule has 20 rings (SSSR count). The standard InChI is InChI=1S/C22H26F2N2O2.C22H24F2N2O2.C20H23F2N3O.C20H22F2N2O2.C18H18F2N2O.C8H17O5P.CH5N.Li.H2O/c2*1-2-28-20(27)12-15-6-9-22(24,10-7-15)11-8-18-21-16(4-3-5-17(21)23)19-13-25-14-26(18)19;21-15-3-1-2-14-17-11-24-12-25(17)16(19(14)15)6-9-20(22)7-4-13(5-8-20)10-18(23)26;21-15-3-1-2-14-17-11-23-12-24(17)16(19(14)15)6-9-20(22)7-4-13(5-8-20)10-18(25)26;19-14-3-1-2-13-16-10-21-11-22(16)15(17(13)14)6-9-18(20)7-4-12(23)5-8-18;1-4-11-8(9)7-14(10,12-5-2)13-6-3;1-2;;/h3-5,13-15,18H,2,6-12H2,1H3;3-5,12-14,18H,2,6-11H2,1H3;1-3,11-13,16H,4-10H2,(H2,23,26);1-3,11-13,16H,4-10H2,(H,25,26);1-3,10-11,15H,4-9H2;4-7H2,1-3H3;2H2,1H3;;1H2/q;;;;;;;+1;/p-1/t;;13?,16-,20?;;;;;;/m..0....../s1. The maximum Gasteiger partial charge on any atom is 1.00 e.